The highest BCUT2D eigenvalue weighted by molar-refractivity contribution is 5.92. The van der Waals surface area contributed by atoms with Crippen molar-refractivity contribution >= 4 is 5.91 Å². The fourth-order valence-electron chi connectivity index (χ4n) is 3.02. The molecule has 1 fully saturated rings. The summed E-state index contributed by atoms with van der Waals surface area (Å²) >= 11 is 0. The lowest BCUT2D eigenvalue weighted by Gasteiger charge is -2.33. The van der Waals surface area contributed by atoms with Crippen LogP contribution >= 0.6 is 0 Å². The summed E-state index contributed by atoms with van der Waals surface area (Å²) in [6.45, 7) is 5.32. The molecule has 4 rings (SSSR count). The second kappa shape index (κ2) is 7.32. The molecule has 140 valence electrons. The molecule has 2 aromatic heterocycles. The Balaban J connectivity index is 1.59. The van der Waals surface area contributed by atoms with Crippen molar-refractivity contribution < 1.29 is 14.1 Å². The van der Waals surface area contributed by atoms with Gasteiger partial charge >= 0.3 is 0 Å². The molecular formula is C19H21N5O3. The number of H-pyrrole nitrogens is 1. The minimum Gasteiger partial charge on any atom is -0.377 e. The van der Waals surface area contributed by atoms with Crippen molar-refractivity contribution in [3.05, 3.63) is 53.6 Å². The molecule has 0 saturated carbocycles. The molecule has 0 aliphatic carbocycles. The third kappa shape index (κ3) is 3.48. The first-order valence-electron chi connectivity index (χ1n) is 8.96. The number of nitrogens with zero attached hydrogens (tertiary/aromatic N) is 4. The van der Waals surface area contributed by atoms with Gasteiger partial charge in [0.05, 0.1) is 13.2 Å². The number of benzene rings is 1. The quantitative estimate of drug-likeness (QED) is 0.761. The number of hydrogen-bond donors (Lipinski definition) is 1. The maximum absolute atomic E-state index is 13.0. The van der Waals surface area contributed by atoms with Gasteiger partial charge < -0.3 is 14.2 Å². The lowest BCUT2D eigenvalue weighted by atomic mass is 10.1. The maximum atomic E-state index is 13.0. The van der Waals surface area contributed by atoms with Crippen molar-refractivity contribution in [1.29, 1.82) is 0 Å². The molecule has 1 amide bonds. The van der Waals surface area contributed by atoms with Crippen LogP contribution in [-0.2, 0) is 4.74 Å². The number of carbonyl (C=O) groups excluding carboxylic acids is 1. The number of morpholine rings is 1. The largest absolute Gasteiger partial charge is 0.377 e. The van der Waals surface area contributed by atoms with Crippen molar-refractivity contribution in [1.82, 2.24) is 25.2 Å². The van der Waals surface area contributed by atoms with Crippen molar-refractivity contribution in [2.45, 2.75) is 25.8 Å². The Labute approximate surface area is 156 Å². The van der Waals surface area contributed by atoms with E-state index in [1.165, 1.54) is 0 Å². The number of aromatic amines is 1. The Morgan fingerprint density at radius 2 is 2.11 bits per heavy atom. The van der Waals surface area contributed by atoms with Gasteiger partial charge in [-0.2, -0.15) is 10.1 Å². The van der Waals surface area contributed by atoms with Gasteiger partial charge in [-0.05, 0) is 24.1 Å². The van der Waals surface area contributed by atoms with E-state index in [0.717, 1.165) is 11.3 Å². The van der Waals surface area contributed by atoms with E-state index < -0.39 is 6.04 Å². The minimum atomic E-state index is -0.410. The van der Waals surface area contributed by atoms with Crippen molar-refractivity contribution in [2.24, 2.45) is 0 Å². The second-order valence-corrected chi connectivity index (χ2v) is 6.78. The van der Waals surface area contributed by atoms with E-state index in [0.29, 0.717) is 37.2 Å². The molecule has 1 aromatic carbocycles. The molecule has 1 saturated heterocycles. The molecule has 0 bridgehead atoms. The standard InChI is InChI=1S/C19H21N5O3/c1-12(2)14-10-15(22-21-14)19(25)24-8-9-26-11-16(24)17-20-18(27-23-17)13-6-4-3-5-7-13/h3-7,10,12,16H,8-9,11H2,1-2H3,(H,21,22)/t16-/m0/s1. The van der Waals surface area contributed by atoms with Crippen LogP contribution < -0.4 is 0 Å². The van der Waals surface area contributed by atoms with Gasteiger partial charge in [-0.25, -0.2) is 0 Å². The highest BCUT2D eigenvalue weighted by atomic mass is 16.5. The monoisotopic (exact) mass is 367 g/mol. The normalized spacial score (nSPS) is 17.4. The SMILES string of the molecule is CC(C)c1cc(C(=O)N2CCOC[C@H]2c2noc(-c3ccccc3)n2)n[nH]1. The lowest BCUT2D eigenvalue weighted by Crippen LogP contribution is -2.44. The first kappa shape index (κ1) is 17.4. The van der Waals surface area contributed by atoms with Gasteiger partial charge in [0.1, 0.15) is 11.7 Å². The number of carbonyl (C=O) groups is 1. The van der Waals surface area contributed by atoms with Gasteiger partial charge in [-0.15, -0.1) is 0 Å². The van der Waals surface area contributed by atoms with Crippen LogP contribution in [-0.4, -0.2) is 50.9 Å². The Morgan fingerprint density at radius 1 is 1.30 bits per heavy atom. The van der Waals surface area contributed by atoms with Gasteiger partial charge in [0, 0.05) is 17.8 Å². The topological polar surface area (TPSA) is 97.1 Å². The number of rotatable bonds is 4. The van der Waals surface area contributed by atoms with E-state index in [9.17, 15) is 4.79 Å². The van der Waals surface area contributed by atoms with E-state index >= 15 is 0 Å². The highest BCUT2D eigenvalue weighted by Crippen LogP contribution is 2.26. The van der Waals surface area contributed by atoms with E-state index in [-0.39, 0.29) is 11.8 Å². The van der Waals surface area contributed by atoms with Crippen LogP contribution in [0, 0.1) is 0 Å². The van der Waals surface area contributed by atoms with Gasteiger partial charge in [-0.3, -0.25) is 9.89 Å². The molecule has 0 radical (unpaired) electrons. The summed E-state index contributed by atoms with van der Waals surface area (Å²) < 4.78 is 11.0. The summed E-state index contributed by atoms with van der Waals surface area (Å²) in [5.41, 5.74) is 2.14. The molecule has 27 heavy (non-hydrogen) atoms. The predicted octanol–water partition coefficient (Wildman–Crippen LogP) is 2.80. The van der Waals surface area contributed by atoms with Crippen LogP contribution in [0.5, 0.6) is 0 Å². The summed E-state index contributed by atoms with van der Waals surface area (Å²) in [7, 11) is 0. The summed E-state index contributed by atoms with van der Waals surface area (Å²) in [5, 5.41) is 11.2. The predicted molar refractivity (Wildman–Crippen MR) is 97.0 cm³/mol. The molecular weight excluding hydrogens is 346 g/mol. The fraction of sp³-hybridized carbons (Fsp3) is 0.368. The van der Waals surface area contributed by atoms with Crippen LogP contribution in [0.15, 0.2) is 40.9 Å². The van der Waals surface area contributed by atoms with Crippen molar-refractivity contribution in [2.75, 3.05) is 19.8 Å². The second-order valence-electron chi connectivity index (χ2n) is 6.78. The van der Waals surface area contributed by atoms with Crippen LogP contribution in [0.2, 0.25) is 0 Å². The molecule has 1 N–H and O–H groups in total. The zero-order valence-corrected chi connectivity index (χ0v) is 15.3. The number of hydrogen-bond acceptors (Lipinski definition) is 6. The number of aromatic nitrogens is 4. The summed E-state index contributed by atoms with van der Waals surface area (Å²) in [4.78, 5) is 19.2. The molecule has 3 heterocycles. The molecule has 8 nitrogen and oxygen atoms in total. The number of amides is 1. The Kier molecular flexibility index (Phi) is 4.72. The molecule has 8 heteroatoms. The van der Waals surface area contributed by atoms with Gasteiger partial charge in [0.25, 0.3) is 11.8 Å². The summed E-state index contributed by atoms with van der Waals surface area (Å²) in [5.74, 6) is 0.953. The van der Waals surface area contributed by atoms with Gasteiger partial charge in [0.2, 0.25) is 0 Å². The number of nitrogens with one attached hydrogen (secondary N) is 1. The summed E-state index contributed by atoms with van der Waals surface area (Å²) in [6.07, 6.45) is 0. The van der Waals surface area contributed by atoms with E-state index in [2.05, 4.69) is 20.3 Å². The van der Waals surface area contributed by atoms with Gasteiger partial charge in [0.15, 0.2) is 5.82 Å². The minimum absolute atomic E-state index is 0.169. The average molecular weight is 367 g/mol. The molecule has 1 atom stereocenters. The van der Waals surface area contributed by atoms with Crippen molar-refractivity contribution in [3.63, 3.8) is 0 Å². The maximum Gasteiger partial charge on any atom is 0.275 e. The first-order valence-corrected chi connectivity index (χ1v) is 8.96. The third-order valence-corrected chi connectivity index (χ3v) is 4.59. The van der Waals surface area contributed by atoms with E-state index in [1.54, 1.807) is 11.0 Å². The first-order chi connectivity index (χ1) is 13.1. The highest BCUT2D eigenvalue weighted by Gasteiger charge is 2.34. The van der Waals surface area contributed by atoms with Crippen molar-refractivity contribution in [3.8, 4) is 11.5 Å². The van der Waals surface area contributed by atoms with E-state index in [4.69, 9.17) is 9.26 Å². The zero-order chi connectivity index (χ0) is 18.8. The average Bonchev–Trinajstić information content (AvgIpc) is 3.38. The molecule has 1 aliphatic rings. The lowest BCUT2D eigenvalue weighted by molar-refractivity contribution is -0.00607. The van der Waals surface area contributed by atoms with E-state index in [1.807, 2.05) is 44.2 Å². The molecule has 1 aliphatic heterocycles. The number of ether oxygens (including phenoxy) is 1. The van der Waals surface area contributed by atoms with Gasteiger partial charge in [-0.1, -0.05) is 37.2 Å². The molecule has 3 aromatic rings. The molecule has 0 unspecified atom stereocenters. The Hall–Kier alpha value is -3.00. The zero-order valence-electron chi connectivity index (χ0n) is 15.3. The summed E-state index contributed by atoms with van der Waals surface area (Å²) in [6, 6.07) is 10.9. The van der Waals surface area contributed by atoms with Crippen LogP contribution in [0.3, 0.4) is 0 Å². The molecule has 0 spiro atoms. The van der Waals surface area contributed by atoms with Crippen LogP contribution in [0.25, 0.3) is 11.5 Å². The van der Waals surface area contributed by atoms with Crippen LogP contribution in [0.1, 0.15) is 47.8 Å². The smallest absolute Gasteiger partial charge is 0.275 e. The van der Waals surface area contributed by atoms with Crippen LogP contribution in [0.4, 0.5) is 0 Å². The Morgan fingerprint density at radius 3 is 2.85 bits per heavy atom. The fourth-order valence-corrected chi connectivity index (χ4v) is 3.02. The Bertz CT molecular complexity index is 918. The third-order valence-electron chi connectivity index (χ3n) is 4.59.